The van der Waals surface area contributed by atoms with Crippen LogP contribution in [0.5, 0.6) is 11.5 Å². The molecular weight excluding hydrogens is 456 g/mol. The molecule has 1 aromatic carbocycles. The number of ether oxygens (including phenoxy) is 2. The molecule has 180 valence electrons. The molecule has 0 saturated heterocycles. The van der Waals surface area contributed by atoms with Crippen molar-refractivity contribution in [2.45, 2.75) is 50.6 Å². The number of aryl methyl sites for hydroxylation is 1. The lowest BCUT2D eigenvalue weighted by atomic mass is 10.0. The number of nitrogens with one attached hydrogen (secondary N) is 1. The minimum Gasteiger partial charge on any atom is -0.490 e. The first-order chi connectivity index (χ1) is 16.1. The van der Waals surface area contributed by atoms with E-state index in [-0.39, 0.29) is 41.2 Å². The normalized spacial score (nSPS) is 18.5. The van der Waals surface area contributed by atoms with Crippen LogP contribution in [0.1, 0.15) is 42.8 Å². The van der Waals surface area contributed by atoms with Crippen molar-refractivity contribution in [3.8, 4) is 11.5 Å². The summed E-state index contributed by atoms with van der Waals surface area (Å²) in [5, 5.41) is 3.47. The number of nitrogens with zero attached hydrogens (tertiary/aromatic N) is 3. The van der Waals surface area contributed by atoms with E-state index in [1.165, 1.54) is 25.4 Å². The number of halogens is 4. The van der Waals surface area contributed by atoms with Gasteiger partial charge in [-0.05, 0) is 32.8 Å². The summed E-state index contributed by atoms with van der Waals surface area (Å²) in [5.41, 5.74) is -1.80. The average molecular weight is 478 g/mol. The fraction of sp³-hybridized carbons (Fsp3) is 0.435. The molecule has 0 unspecified atom stereocenters. The molecule has 1 saturated carbocycles. The van der Waals surface area contributed by atoms with Gasteiger partial charge in [0.2, 0.25) is 5.75 Å². The summed E-state index contributed by atoms with van der Waals surface area (Å²) < 4.78 is 67.6. The van der Waals surface area contributed by atoms with E-state index in [2.05, 4.69) is 15.3 Å². The molecule has 1 fully saturated rings. The van der Waals surface area contributed by atoms with Crippen molar-refractivity contribution in [1.82, 2.24) is 14.5 Å². The van der Waals surface area contributed by atoms with Gasteiger partial charge in [-0.15, -0.1) is 0 Å². The van der Waals surface area contributed by atoms with E-state index < -0.39 is 36.1 Å². The zero-order valence-electron chi connectivity index (χ0n) is 18.7. The number of methoxy groups -OCH3 is 1. The quantitative estimate of drug-likeness (QED) is 0.525. The van der Waals surface area contributed by atoms with Crippen LogP contribution in [0.4, 0.5) is 23.4 Å². The molecule has 3 aromatic rings. The summed E-state index contributed by atoms with van der Waals surface area (Å²) in [7, 11) is 1.28. The second-order valence-electron chi connectivity index (χ2n) is 8.71. The Morgan fingerprint density at radius 3 is 2.62 bits per heavy atom. The summed E-state index contributed by atoms with van der Waals surface area (Å²) in [5.74, 6) is -2.57. The van der Waals surface area contributed by atoms with Gasteiger partial charge in [0.25, 0.3) is 12.0 Å². The number of alkyl halides is 4. The van der Waals surface area contributed by atoms with Crippen LogP contribution in [-0.2, 0) is 11.5 Å². The molecule has 11 heteroatoms. The molecular formula is C23H22F4N4O3. The van der Waals surface area contributed by atoms with Crippen LogP contribution in [0, 0.1) is 6.92 Å². The van der Waals surface area contributed by atoms with Gasteiger partial charge in [0, 0.05) is 11.8 Å². The highest BCUT2D eigenvalue weighted by molar-refractivity contribution is 5.92. The van der Waals surface area contributed by atoms with Crippen molar-refractivity contribution in [3.05, 3.63) is 51.7 Å². The number of para-hydroxylation sites is 1. The zero-order valence-corrected chi connectivity index (χ0v) is 18.7. The van der Waals surface area contributed by atoms with Gasteiger partial charge in [-0.3, -0.25) is 9.36 Å². The maximum absolute atomic E-state index is 14.1. The number of benzene rings is 1. The first kappa shape index (κ1) is 22.4. The summed E-state index contributed by atoms with van der Waals surface area (Å²) >= 11 is 0. The molecule has 1 aliphatic heterocycles. The second-order valence-corrected chi connectivity index (χ2v) is 8.71. The van der Waals surface area contributed by atoms with Gasteiger partial charge < -0.3 is 14.8 Å². The van der Waals surface area contributed by atoms with Gasteiger partial charge in [-0.25, -0.2) is 18.7 Å². The van der Waals surface area contributed by atoms with Crippen LogP contribution in [0.15, 0.2) is 29.2 Å². The lowest BCUT2D eigenvalue weighted by Gasteiger charge is -2.22. The molecule has 0 spiro atoms. The number of rotatable bonds is 6. The molecule has 2 aliphatic rings. The van der Waals surface area contributed by atoms with E-state index >= 15 is 0 Å². The number of fused-ring (bicyclic) bond motifs is 2. The fourth-order valence-corrected chi connectivity index (χ4v) is 4.46. The predicted octanol–water partition coefficient (Wildman–Crippen LogP) is 4.52. The number of hydrogen-bond donors (Lipinski definition) is 1. The molecule has 7 nitrogen and oxygen atoms in total. The smallest absolute Gasteiger partial charge is 0.310 e. The Bertz CT molecular complexity index is 1350. The van der Waals surface area contributed by atoms with Gasteiger partial charge in [0.1, 0.15) is 28.4 Å². The van der Waals surface area contributed by atoms with Gasteiger partial charge >= 0.3 is 5.92 Å². The Hall–Kier alpha value is -3.37. The topological polar surface area (TPSA) is 78.3 Å². The molecule has 5 rings (SSSR count). The average Bonchev–Trinajstić information content (AvgIpc) is 3.53. The van der Waals surface area contributed by atoms with Gasteiger partial charge in [0.05, 0.1) is 24.1 Å². The Balaban J connectivity index is 1.64. The third kappa shape index (κ3) is 3.28. The third-order valence-corrected chi connectivity index (χ3v) is 6.45. The molecule has 0 radical (unpaired) electrons. The lowest BCUT2D eigenvalue weighted by Crippen LogP contribution is -2.36. The van der Waals surface area contributed by atoms with E-state index in [1.54, 1.807) is 19.9 Å². The standard InChI is InChI=1S/C23H22F4N4O3/c1-11(13-5-4-6-15-17(13)34-10-23(15,26)27)28-19-14-9-31(22(7-8-22)21(24)25)20(32)18(33-3)16(14)29-12(2)30-19/h4-6,9,11,21H,7-8,10H2,1-3H3,(H,28,29,30)/t11-/m1/s1. The van der Waals surface area contributed by atoms with Crippen molar-refractivity contribution in [2.24, 2.45) is 0 Å². The van der Waals surface area contributed by atoms with Crippen LogP contribution in [-0.4, -0.2) is 34.7 Å². The monoisotopic (exact) mass is 478 g/mol. The molecule has 2 aromatic heterocycles. The van der Waals surface area contributed by atoms with E-state index in [0.29, 0.717) is 16.8 Å². The van der Waals surface area contributed by atoms with E-state index in [0.717, 1.165) is 4.57 Å². The lowest BCUT2D eigenvalue weighted by molar-refractivity contribution is -0.0214. The number of anilines is 1. The first-order valence-electron chi connectivity index (χ1n) is 10.8. The number of pyridine rings is 1. The maximum Gasteiger partial charge on any atom is 0.310 e. The molecule has 3 heterocycles. The first-order valence-corrected chi connectivity index (χ1v) is 10.8. The highest BCUT2D eigenvalue weighted by Crippen LogP contribution is 2.49. The van der Waals surface area contributed by atoms with Crippen LogP contribution >= 0.6 is 0 Å². The summed E-state index contributed by atoms with van der Waals surface area (Å²) in [6, 6.07) is 3.97. The maximum atomic E-state index is 14.1. The van der Waals surface area contributed by atoms with Gasteiger partial charge in [0.15, 0.2) is 6.61 Å². The van der Waals surface area contributed by atoms with Gasteiger partial charge in [-0.1, -0.05) is 12.1 Å². The minimum atomic E-state index is -3.08. The molecule has 0 bridgehead atoms. The second kappa shape index (κ2) is 7.57. The van der Waals surface area contributed by atoms with Crippen molar-refractivity contribution < 1.29 is 27.0 Å². The molecule has 1 N–H and O–H groups in total. The molecule has 1 aliphatic carbocycles. The van der Waals surface area contributed by atoms with Crippen LogP contribution < -0.4 is 20.3 Å². The predicted molar refractivity (Wildman–Crippen MR) is 116 cm³/mol. The minimum absolute atomic E-state index is 0.103. The van der Waals surface area contributed by atoms with Crippen molar-refractivity contribution in [3.63, 3.8) is 0 Å². The van der Waals surface area contributed by atoms with Crippen molar-refractivity contribution in [2.75, 3.05) is 19.0 Å². The fourth-order valence-electron chi connectivity index (χ4n) is 4.46. The SMILES string of the molecule is COc1c(=O)n(C2(C(F)F)CC2)cc2c(N[C@H](C)c3cccc4c3OCC4(F)F)nc(C)nc12. The van der Waals surface area contributed by atoms with Crippen LogP contribution in [0.2, 0.25) is 0 Å². The van der Waals surface area contributed by atoms with E-state index in [4.69, 9.17) is 9.47 Å². The highest BCUT2D eigenvalue weighted by Gasteiger charge is 2.54. The largest absolute Gasteiger partial charge is 0.490 e. The number of aromatic nitrogens is 3. The number of hydrogen-bond acceptors (Lipinski definition) is 6. The Morgan fingerprint density at radius 2 is 1.97 bits per heavy atom. The third-order valence-electron chi connectivity index (χ3n) is 6.45. The van der Waals surface area contributed by atoms with Gasteiger partial charge in [-0.2, -0.15) is 8.78 Å². The summed E-state index contributed by atoms with van der Waals surface area (Å²) in [6.07, 6.45) is -1.09. The van der Waals surface area contributed by atoms with E-state index in [1.807, 2.05) is 0 Å². The van der Waals surface area contributed by atoms with Crippen LogP contribution in [0.25, 0.3) is 10.9 Å². The van der Waals surface area contributed by atoms with Crippen molar-refractivity contribution in [1.29, 1.82) is 0 Å². The Labute approximate surface area is 191 Å². The van der Waals surface area contributed by atoms with E-state index in [9.17, 15) is 22.4 Å². The summed E-state index contributed by atoms with van der Waals surface area (Å²) in [4.78, 5) is 21.7. The molecule has 34 heavy (non-hydrogen) atoms. The summed E-state index contributed by atoms with van der Waals surface area (Å²) in [6.45, 7) is 2.62. The Kier molecular flexibility index (Phi) is 4.99. The van der Waals surface area contributed by atoms with Crippen molar-refractivity contribution >= 4 is 16.7 Å². The highest BCUT2D eigenvalue weighted by atomic mass is 19.3. The zero-order chi connectivity index (χ0) is 24.4. The molecule has 0 amide bonds. The Morgan fingerprint density at radius 1 is 1.24 bits per heavy atom. The molecule has 1 atom stereocenters. The van der Waals surface area contributed by atoms with Crippen LogP contribution in [0.3, 0.4) is 0 Å².